The number of carbonyl (C=O) groups excluding carboxylic acids is 1. The number of rotatable bonds is 6. The molecule has 0 spiro atoms. The Balaban J connectivity index is 2.54. The number of ether oxygens (including phenoxy) is 2. The monoisotopic (exact) mass is 243 g/mol. The molecule has 0 fully saturated rings. The standard InChI is InChI=1S/C11H17NO3S/c1-4-9(14-2)11-12-8(7-16-11)5-6-10(13)15-3/h7,9H,4-6H2,1-3H3. The lowest BCUT2D eigenvalue weighted by molar-refractivity contribution is -0.140. The third-order valence-electron chi connectivity index (χ3n) is 2.31. The van der Waals surface area contributed by atoms with Crippen molar-refractivity contribution in [2.75, 3.05) is 14.2 Å². The molecule has 0 radical (unpaired) electrons. The van der Waals surface area contributed by atoms with Crippen molar-refractivity contribution < 1.29 is 14.3 Å². The van der Waals surface area contributed by atoms with E-state index in [1.165, 1.54) is 7.11 Å². The zero-order valence-corrected chi connectivity index (χ0v) is 10.7. The van der Waals surface area contributed by atoms with E-state index < -0.39 is 0 Å². The van der Waals surface area contributed by atoms with E-state index >= 15 is 0 Å². The van der Waals surface area contributed by atoms with Gasteiger partial charge in [0.1, 0.15) is 11.1 Å². The number of aromatic nitrogens is 1. The Morgan fingerprint density at radius 2 is 2.31 bits per heavy atom. The molecule has 5 heteroatoms. The third kappa shape index (κ3) is 3.57. The fourth-order valence-electron chi connectivity index (χ4n) is 1.36. The van der Waals surface area contributed by atoms with Crippen LogP contribution in [0.5, 0.6) is 0 Å². The number of esters is 1. The maximum Gasteiger partial charge on any atom is 0.305 e. The molecular formula is C11H17NO3S. The van der Waals surface area contributed by atoms with E-state index in [0.29, 0.717) is 12.8 Å². The number of hydrogen-bond donors (Lipinski definition) is 0. The van der Waals surface area contributed by atoms with Crippen molar-refractivity contribution in [1.29, 1.82) is 0 Å². The minimum Gasteiger partial charge on any atom is -0.469 e. The summed E-state index contributed by atoms with van der Waals surface area (Å²) in [7, 11) is 3.08. The minimum absolute atomic E-state index is 0.0666. The summed E-state index contributed by atoms with van der Waals surface area (Å²) in [6.45, 7) is 2.06. The van der Waals surface area contributed by atoms with Gasteiger partial charge in [-0.1, -0.05) is 6.92 Å². The van der Waals surface area contributed by atoms with E-state index in [1.54, 1.807) is 18.4 Å². The van der Waals surface area contributed by atoms with E-state index in [-0.39, 0.29) is 12.1 Å². The van der Waals surface area contributed by atoms with Gasteiger partial charge >= 0.3 is 5.97 Å². The quantitative estimate of drug-likeness (QED) is 0.720. The van der Waals surface area contributed by atoms with Gasteiger partial charge in [-0.05, 0) is 6.42 Å². The molecule has 16 heavy (non-hydrogen) atoms. The number of methoxy groups -OCH3 is 2. The van der Waals surface area contributed by atoms with E-state index in [4.69, 9.17) is 4.74 Å². The van der Waals surface area contributed by atoms with Crippen LogP contribution >= 0.6 is 11.3 Å². The van der Waals surface area contributed by atoms with Crippen LogP contribution in [0.1, 0.15) is 36.6 Å². The molecule has 0 aliphatic heterocycles. The lowest BCUT2D eigenvalue weighted by Crippen LogP contribution is -2.03. The Kier molecular flexibility index (Phi) is 5.42. The molecule has 0 saturated heterocycles. The van der Waals surface area contributed by atoms with Gasteiger partial charge in [0.25, 0.3) is 0 Å². The van der Waals surface area contributed by atoms with Gasteiger partial charge in [-0.3, -0.25) is 4.79 Å². The largest absolute Gasteiger partial charge is 0.469 e. The van der Waals surface area contributed by atoms with Crippen molar-refractivity contribution in [3.8, 4) is 0 Å². The van der Waals surface area contributed by atoms with Crippen LogP contribution in [0.3, 0.4) is 0 Å². The molecule has 1 aromatic rings. The molecule has 1 aromatic heterocycles. The third-order valence-corrected chi connectivity index (χ3v) is 3.30. The highest BCUT2D eigenvalue weighted by Gasteiger charge is 2.13. The number of aryl methyl sites for hydroxylation is 1. The summed E-state index contributed by atoms with van der Waals surface area (Å²) >= 11 is 1.58. The van der Waals surface area contributed by atoms with Crippen LogP contribution in [0.2, 0.25) is 0 Å². The highest BCUT2D eigenvalue weighted by atomic mass is 32.1. The normalized spacial score (nSPS) is 12.4. The predicted octanol–water partition coefficient (Wildman–Crippen LogP) is 2.35. The smallest absolute Gasteiger partial charge is 0.305 e. The van der Waals surface area contributed by atoms with Crippen LogP contribution in [0, 0.1) is 0 Å². The summed E-state index contributed by atoms with van der Waals surface area (Å²) in [6, 6.07) is 0. The molecule has 0 N–H and O–H groups in total. The number of nitrogens with zero attached hydrogens (tertiary/aromatic N) is 1. The first-order valence-electron chi connectivity index (χ1n) is 5.25. The zero-order valence-electron chi connectivity index (χ0n) is 9.86. The van der Waals surface area contributed by atoms with Crippen molar-refractivity contribution in [2.24, 2.45) is 0 Å². The van der Waals surface area contributed by atoms with Crippen molar-refractivity contribution in [3.05, 3.63) is 16.1 Å². The molecule has 1 rings (SSSR count). The number of thiazole rings is 1. The van der Waals surface area contributed by atoms with E-state index in [1.807, 2.05) is 5.38 Å². The highest BCUT2D eigenvalue weighted by molar-refractivity contribution is 7.09. The molecule has 0 aliphatic rings. The van der Waals surface area contributed by atoms with Crippen molar-refractivity contribution >= 4 is 17.3 Å². The van der Waals surface area contributed by atoms with Crippen LogP contribution < -0.4 is 0 Å². The fraction of sp³-hybridized carbons (Fsp3) is 0.636. The molecular weight excluding hydrogens is 226 g/mol. The molecule has 0 aromatic carbocycles. The van der Waals surface area contributed by atoms with E-state index in [2.05, 4.69) is 16.6 Å². The lowest BCUT2D eigenvalue weighted by Gasteiger charge is -2.08. The summed E-state index contributed by atoms with van der Waals surface area (Å²) in [6.07, 6.45) is 1.98. The average Bonchev–Trinajstić information content (AvgIpc) is 2.76. The Bertz CT molecular complexity index is 334. The van der Waals surface area contributed by atoms with Gasteiger partial charge in [-0.15, -0.1) is 11.3 Å². The highest BCUT2D eigenvalue weighted by Crippen LogP contribution is 2.24. The van der Waals surface area contributed by atoms with Gasteiger partial charge in [-0.25, -0.2) is 4.98 Å². The van der Waals surface area contributed by atoms with Gasteiger partial charge in [0.2, 0.25) is 0 Å². The molecule has 0 aliphatic carbocycles. The Labute approximate surface area is 99.6 Å². The molecule has 0 amide bonds. The summed E-state index contributed by atoms with van der Waals surface area (Å²) in [5, 5.41) is 2.95. The van der Waals surface area contributed by atoms with Crippen LogP contribution in [-0.4, -0.2) is 25.2 Å². The average molecular weight is 243 g/mol. The first kappa shape index (κ1) is 13.1. The Morgan fingerprint density at radius 3 is 2.88 bits per heavy atom. The van der Waals surface area contributed by atoms with Crippen LogP contribution in [0.4, 0.5) is 0 Å². The SMILES string of the molecule is CCC(OC)c1nc(CCC(=O)OC)cs1. The van der Waals surface area contributed by atoms with Crippen LogP contribution in [0.15, 0.2) is 5.38 Å². The molecule has 90 valence electrons. The van der Waals surface area contributed by atoms with Gasteiger partial charge in [0.15, 0.2) is 0 Å². The summed E-state index contributed by atoms with van der Waals surface area (Å²) in [4.78, 5) is 15.4. The Hall–Kier alpha value is -0.940. The lowest BCUT2D eigenvalue weighted by atomic mass is 10.2. The number of hydrogen-bond acceptors (Lipinski definition) is 5. The van der Waals surface area contributed by atoms with E-state index in [0.717, 1.165) is 17.1 Å². The van der Waals surface area contributed by atoms with Gasteiger partial charge in [0.05, 0.1) is 19.2 Å². The molecule has 0 bridgehead atoms. The van der Waals surface area contributed by atoms with Gasteiger partial charge < -0.3 is 9.47 Å². The van der Waals surface area contributed by atoms with Crippen molar-refractivity contribution in [3.63, 3.8) is 0 Å². The molecule has 1 unspecified atom stereocenters. The maximum absolute atomic E-state index is 11.0. The summed E-state index contributed by atoms with van der Waals surface area (Å²) in [5.74, 6) is -0.201. The summed E-state index contributed by atoms with van der Waals surface area (Å²) < 4.78 is 9.88. The molecule has 0 saturated carbocycles. The Morgan fingerprint density at radius 1 is 1.56 bits per heavy atom. The first-order valence-corrected chi connectivity index (χ1v) is 6.13. The zero-order chi connectivity index (χ0) is 12.0. The fourth-order valence-corrected chi connectivity index (χ4v) is 2.37. The maximum atomic E-state index is 11.0. The van der Waals surface area contributed by atoms with E-state index in [9.17, 15) is 4.79 Å². The van der Waals surface area contributed by atoms with Crippen LogP contribution in [-0.2, 0) is 20.7 Å². The second-order valence-electron chi connectivity index (χ2n) is 3.39. The minimum atomic E-state index is -0.201. The molecule has 1 heterocycles. The van der Waals surface area contributed by atoms with Gasteiger partial charge in [0, 0.05) is 18.9 Å². The molecule has 1 atom stereocenters. The number of carbonyl (C=O) groups is 1. The summed E-state index contributed by atoms with van der Waals surface area (Å²) in [5.41, 5.74) is 0.931. The molecule has 4 nitrogen and oxygen atoms in total. The first-order chi connectivity index (χ1) is 7.71. The second kappa shape index (κ2) is 6.60. The second-order valence-corrected chi connectivity index (χ2v) is 4.28. The predicted molar refractivity (Wildman–Crippen MR) is 62.5 cm³/mol. The van der Waals surface area contributed by atoms with Crippen molar-refractivity contribution in [1.82, 2.24) is 4.98 Å². The van der Waals surface area contributed by atoms with Crippen LogP contribution in [0.25, 0.3) is 0 Å². The van der Waals surface area contributed by atoms with Crippen molar-refractivity contribution in [2.45, 2.75) is 32.3 Å². The van der Waals surface area contributed by atoms with Gasteiger partial charge in [-0.2, -0.15) is 0 Å². The topological polar surface area (TPSA) is 48.4 Å².